The third-order valence-corrected chi connectivity index (χ3v) is 6.22. The predicted molar refractivity (Wildman–Crippen MR) is 96.3 cm³/mol. The van der Waals surface area contributed by atoms with E-state index in [1.54, 1.807) is 6.07 Å². The van der Waals surface area contributed by atoms with Gasteiger partial charge in [0.2, 0.25) is 10.0 Å². The molecule has 0 saturated carbocycles. The van der Waals surface area contributed by atoms with E-state index in [2.05, 4.69) is 5.16 Å². The van der Waals surface area contributed by atoms with Gasteiger partial charge in [0.25, 0.3) is 0 Å². The third kappa shape index (κ3) is 3.85. The van der Waals surface area contributed by atoms with Crippen molar-refractivity contribution in [1.82, 2.24) is 9.46 Å². The number of carbonyl (C=O) groups excluding carboxylic acids is 1. The number of thiophene rings is 1. The first-order valence-electron chi connectivity index (χ1n) is 7.57. The van der Waals surface area contributed by atoms with Crippen molar-refractivity contribution in [2.24, 2.45) is 0 Å². The lowest BCUT2D eigenvalue weighted by Gasteiger charge is -2.12. The number of nitrogens with zero attached hydrogens (tertiary/aromatic N) is 2. The maximum atomic E-state index is 12.2. The van der Waals surface area contributed by atoms with Crippen LogP contribution in [0.5, 0.6) is 0 Å². The van der Waals surface area contributed by atoms with Gasteiger partial charge in [0, 0.05) is 20.2 Å². The minimum absolute atomic E-state index is 0.0263. The summed E-state index contributed by atoms with van der Waals surface area (Å²) >= 11 is 1.51. The Morgan fingerprint density at radius 1 is 1.23 bits per heavy atom. The van der Waals surface area contributed by atoms with Gasteiger partial charge in [-0.25, -0.2) is 17.5 Å². The molecule has 1 aromatic carbocycles. The van der Waals surface area contributed by atoms with Gasteiger partial charge in [-0.05, 0) is 29.6 Å². The molecule has 0 aliphatic carbocycles. The van der Waals surface area contributed by atoms with Gasteiger partial charge in [-0.1, -0.05) is 17.3 Å². The smallest absolute Gasteiger partial charge is 0.338 e. The second kappa shape index (κ2) is 7.40. The van der Waals surface area contributed by atoms with Crippen molar-refractivity contribution in [2.75, 3.05) is 14.1 Å². The lowest BCUT2D eigenvalue weighted by Crippen LogP contribution is -2.22. The fourth-order valence-corrected chi connectivity index (χ4v) is 3.75. The van der Waals surface area contributed by atoms with Crippen molar-refractivity contribution in [1.29, 1.82) is 0 Å². The van der Waals surface area contributed by atoms with Crippen LogP contribution in [-0.2, 0) is 21.4 Å². The topological polar surface area (TPSA) is 89.7 Å². The molecule has 9 heteroatoms. The molecule has 0 atom stereocenters. The van der Waals surface area contributed by atoms with Crippen molar-refractivity contribution in [3.05, 3.63) is 59.1 Å². The number of aromatic nitrogens is 1. The first-order valence-corrected chi connectivity index (χ1v) is 9.89. The summed E-state index contributed by atoms with van der Waals surface area (Å²) in [5, 5.41) is 5.79. The molecule has 0 fully saturated rings. The van der Waals surface area contributed by atoms with Gasteiger partial charge in [-0.2, -0.15) is 0 Å². The molecule has 0 aliphatic rings. The quantitative estimate of drug-likeness (QED) is 0.599. The number of hydrogen-bond acceptors (Lipinski definition) is 7. The van der Waals surface area contributed by atoms with Gasteiger partial charge in [-0.15, -0.1) is 11.3 Å². The second-order valence-corrected chi connectivity index (χ2v) is 8.65. The Labute approximate surface area is 154 Å². The Morgan fingerprint density at radius 3 is 2.73 bits per heavy atom. The molecule has 136 valence electrons. The molecular weight excluding hydrogens is 376 g/mol. The Balaban J connectivity index is 1.69. The van der Waals surface area contributed by atoms with E-state index in [1.807, 2.05) is 17.5 Å². The normalized spacial score (nSPS) is 11.7. The predicted octanol–water partition coefficient (Wildman–Crippen LogP) is 3.01. The van der Waals surface area contributed by atoms with Crippen LogP contribution >= 0.6 is 11.3 Å². The molecule has 3 rings (SSSR count). The largest absolute Gasteiger partial charge is 0.455 e. The van der Waals surface area contributed by atoms with Gasteiger partial charge in [-0.3, -0.25) is 0 Å². The van der Waals surface area contributed by atoms with E-state index in [0.717, 1.165) is 9.18 Å². The van der Waals surface area contributed by atoms with Crippen molar-refractivity contribution >= 4 is 27.3 Å². The molecule has 0 aliphatic heterocycles. The number of benzene rings is 1. The van der Waals surface area contributed by atoms with Crippen LogP contribution in [0.2, 0.25) is 0 Å². The zero-order valence-corrected chi connectivity index (χ0v) is 15.7. The van der Waals surface area contributed by atoms with Crippen LogP contribution in [0.1, 0.15) is 16.1 Å². The van der Waals surface area contributed by atoms with Gasteiger partial charge < -0.3 is 9.26 Å². The van der Waals surface area contributed by atoms with Crippen LogP contribution in [0.15, 0.2) is 57.3 Å². The molecule has 0 bridgehead atoms. The molecule has 26 heavy (non-hydrogen) atoms. The number of ether oxygens (including phenoxy) is 1. The zero-order valence-electron chi connectivity index (χ0n) is 14.1. The molecule has 0 saturated heterocycles. The second-order valence-electron chi connectivity index (χ2n) is 5.55. The number of sulfonamides is 1. The SMILES string of the molecule is CN(C)S(=O)(=O)c1cccc(C(=O)OCc2cc(-c3cccs3)on2)c1. The Hall–Kier alpha value is -2.49. The molecule has 0 N–H and O–H groups in total. The lowest BCUT2D eigenvalue weighted by molar-refractivity contribution is 0.0464. The van der Waals surface area contributed by atoms with Crippen LogP contribution in [0.25, 0.3) is 10.6 Å². The van der Waals surface area contributed by atoms with Gasteiger partial charge in [0.05, 0.1) is 15.3 Å². The maximum absolute atomic E-state index is 12.2. The number of hydrogen-bond donors (Lipinski definition) is 0. The summed E-state index contributed by atoms with van der Waals surface area (Å²) in [6.45, 7) is -0.0711. The molecule has 3 aromatic rings. The highest BCUT2D eigenvalue weighted by molar-refractivity contribution is 7.89. The first-order chi connectivity index (χ1) is 12.4. The lowest BCUT2D eigenvalue weighted by atomic mass is 10.2. The molecule has 2 heterocycles. The Morgan fingerprint density at radius 2 is 2.04 bits per heavy atom. The van der Waals surface area contributed by atoms with Crippen LogP contribution < -0.4 is 0 Å². The highest BCUT2D eigenvalue weighted by Gasteiger charge is 2.19. The van der Waals surface area contributed by atoms with Crippen LogP contribution in [0.4, 0.5) is 0 Å². The highest BCUT2D eigenvalue weighted by Crippen LogP contribution is 2.25. The molecule has 0 unspecified atom stereocenters. The standard InChI is InChI=1S/C17H16N2O5S2/c1-19(2)26(21,22)14-6-3-5-12(9-14)17(20)23-11-13-10-15(24-18-13)16-7-4-8-25-16/h3-10H,11H2,1-2H3. The molecule has 7 nitrogen and oxygen atoms in total. The number of esters is 1. The van der Waals surface area contributed by atoms with E-state index in [4.69, 9.17) is 9.26 Å². The molecular formula is C17H16N2O5S2. The van der Waals surface area contributed by atoms with Crippen LogP contribution in [-0.4, -0.2) is 37.9 Å². The Kier molecular flexibility index (Phi) is 5.21. The van der Waals surface area contributed by atoms with Crippen LogP contribution in [0, 0.1) is 0 Å². The van der Waals surface area contributed by atoms with E-state index in [9.17, 15) is 13.2 Å². The minimum Gasteiger partial charge on any atom is -0.455 e. The van der Waals surface area contributed by atoms with Crippen molar-refractivity contribution in [3.63, 3.8) is 0 Å². The zero-order chi connectivity index (χ0) is 18.7. The molecule has 2 aromatic heterocycles. The van der Waals surface area contributed by atoms with Gasteiger partial charge in [0.15, 0.2) is 5.76 Å². The van der Waals surface area contributed by atoms with E-state index in [1.165, 1.54) is 49.7 Å². The number of rotatable bonds is 6. The van der Waals surface area contributed by atoms with Crippen molar-refractivity contribution in [3.8, 4) is 10.6 Å². The summed E-state index contributed by atoms with van der Waals surface area (Å²) in [4.78, 5) is 13.2. The highest BCUT2D eigenvalue weighted by atomic mass is 32.2. The van der Waals surface area contributed by atoms with E-state index in [-0.39, 0.29) is 17.1 Å². The summed E-state index contributed by atoms with van der Waals surface area (Å²) in [6, 6.07) is 11.2. The van der Waals surface area contributed by atoms with Gasteiger partial charge in [0.1, 0.15) is 12.3 Å². The molecule has 0 amide bonds. The summed E-state index contributed by atoms with van der Waals surface area (Å²) < 4.78 is 35.8. The minimum atomic E-state index is -3.62. The fourth-order valence-electron chi connectivity index (χ4n) is 2.13. The van der Waals surface area contributed by atoms with Crippen molar-refractivity contribution < 1.29 is 22.5 Å². The monoisotopic (exact) mass is 392 g/mol. The Bertz CT molecular complexity index is 1010. The van der Waals surface area contributed by atoms with E-state index in [0.29, 0.717) is 11.5 Å². The number of carbonyl (C=O) groups is 1. The summed E-state index contributed by atoms with van der Waals surface area (Å²) in [5.74, 6) is -0.0356. The molecule has 0 radical (unpaired) electrons. The molecule has 0 spiro atoms. The average molecular weight is 392 g/mol. The summed E-state index contributed by atoms with van der Waals surface area (Å²) in [6.07, 6.45) is 0. The van der Waals surface area contributed by atoms with E-state index >= 15 is 0 Å². The van der Waals surface area contributed by atoms with E-state index < -0.39 is 16.0 Å². The third-order valence-electron chi connectivity index (χ3n) is 3.52. The first kappa shape index (κ1) is 18.3. The maximum Gasteiger partial charge on any atom is 0.338 e. The average Bonchev–Trinajstić information content (AvgIpc) is 3.31. The van der Waals surface area contributed by atoms with Crippen molar-refractivity contribution in [2.45, 2.75) is 11.5 Å². The van der Waals surface area contributed by atoms with Crippen LogP contribution in [0.3, 0.4) is 0 Å². The summed E-state index contributed by atoms with van der Waals surface area (Å²) in [5.41, 5.74) is 0.619. The fraction of sp³-hybridized carbons (Fsp3) is 0.176. The summed E-state index contributed by atoms with van der Waals surface area (Å²) in [7, 11) is -0.769. The van der Waals surface area contributed by atoms with Gasteiger partial charge >= 0.3 is 5.97 Å².